The van der Waals surface area contributed by atoms with Crippen LogP contribution in [0.15, 0.2) is 35.4 Å². The van der Waals surface area contributed by atoms with E-state index >= 15 is 0 Å². The number of fused-ring (bicyclic) bond motifs is 1. The first-order valence-corrected chi connectivity index (χ1v) is 9.56. The number of aryl methyl sites for hydroxylation is 2. The predicted octanol–water partition coefficient (Wildman–Crippen LogP) is 4.74. The zero-order valence-electron chi connectivity index (χ0n) is 15.2. The molecular formula is C20H23N3OS. The summed E-state index contributed by atoms with van der Waals surface area (Å²) in [6.45, 7) is 9.09. The molecule has 0 unspecified atom stereocenters. The normalized spacial score (nSPS) is 11.2. The van der Waals surface area contributed by atoms with Crippen molar-refractivity contribution in [2.24, 2.45) is 0 Å². The van der Waals surface area contributed by atoms with Gasteiger partial charge in [-0.25, -0.2) is 9.97 Å². The second-order valence-corrected chi connectivity index (χ2v) is 7.21. The first-order chi connectivity index (χ1) is 12.0. The van der Waals surface area contributed by atoms with Gasteiger partial charge in [0.05, 0.1) is 11.3 Å². The van der Waals surface area contributed by atoms with Gasteiger partial charge in [-0.3, -0.25) is 4.79 Å². The molecular weight excluding hydrogens is 330 g/mol. The number of benzene rings is 1. The van der Waals surface area contributed by atoms with Crippen molar-refractivity contribution in [3.8, 4) is 0 Å². The molecule has 0 atom stereocenters. The molecule has 0 amide bonds. The number of aromatic nitrogens is 3. The number of carbonyl (C=O) groups is 1. The third kappa shape index (κ3) is 3.61. The fraction of sp³-hybridized carbons (Fsp3) is 0.350. The third-order valence-electron chi connectivity index (χ3n) is 4.34. The zero-order chi connectivity index (χ0) is 18.0. The van der Waals surface area contributed by atoms with E-state index in [1.54, 1.807) is 0 Å². The molecule has 0 saturated heterocycles. The summed E-state index contributed by atoms with van der Waals surface area (Å²) in [6.07, 6.45) is 1.06. The van der Waals surface area contributed by atoms with Crippen molar-refractivity contribution < 1.29 is 4.79 Å². The Morgan fingerprint density at radius 2 is 1.92 bits per heavy atom. The Labute approximate surface area is 152 Å². The van der Waals surface area contributed by atoms with Crippen LogP contribution in [0.3, 0.4) is 0 Å². The maximum absolute atomic E-state index is 12.8. The Morgan fingerprint density at radius 1 is 1.16 bits per heavy atom. The lowest BCUT2D eigenvalue weighted by Gasteiger charge is -2.08. The van der Waals surface area contributed by atoms with E-state index in [1.807, 2.05) is 44.2 Å². The lowest BCUT2D eigenvalue weighted by molar-refractivity contribution is 0.102. The number of hydrogen-bond acceptors (Lipinski definition) is 4. The molecule has 0 bridgehead atoms. The maximum atomic E-state index is 12.8. The number of para-hydroxylation sites is 1. The van der Waals surface area contributed by atoms with Crippen LogP contribution in [0.1, 0.15) is 40.9 Å². The zero-order valence-corrected chi connectivity index (χ0v) is 16.0. The maximum Gasteiger partial charge on any atom is 0.174 e. The Balaban J connectivity index is 1.83. The Bertz CT molecular complexity index is 930. The molecule has 1 aromatic carbocycles. The van der Waals surface area contributed by atoms with Gasteiger partial charge in [-0.1, -0.05) is 36.9 Å². The van der Waals surface area contributed by atoms with Gasteiger partial charge < -0.3 is 4.57 Å². The van der Waals surface area contributed by atoms with E-state index < -0.39 is 0 Å². The van der Waals surface area contributed by atoms with Gasteiger partial charge in [0.1, 0.15) is 10.9 Å². The van der Waals surface area contributed by atoms with Gasteiger partial charge >= 0.3 is 0 Å². The van der Waals surface area contributed by atoms with Crippen LogP contribution in [-0.4, -0.2) is 26.1 Å². The van der Waals surface area contributed by atoms with E-state index in [0.717, 1.165) is 51.7 Å². The first-order valence-electron chi connectivity index (χ1n) is 8.57. The molecule has 3 rings (SSSR count). The van der Waals surface area contributed by atoms with Crippen LogP contribution < -0.4 is 0 Å². The SMILES string of the molecule is CCCn1c(C)cc(C(=O)CSc2nc(C)nc3ccccc23)c1C. The summed E-state index contributed by atoms with van der Waals surface area (Å²) in [5, 5.41) is 1.88. The minimum absolute atomic E-state index is 0.154. The largest absolute Gasteiger partial charge is 0.348 e. The Kier molecular flexibility index (Phi) is 5.23. The van der Waals surface area contributed by atoms with Gasteiger partial charge in [0.15, 0.2) is 5.78 Å². The number of rotatable bonds is 6. The monoisotopic (exact) mass is 353 g/mol. The lowest BCUT2D eigenvalue weighted by Crippen LogP contribution is -2.07. The van der Waals surface area contributed by atoms with E-state index in [4.69, 9.17) is 0 Å². The highest BCUT2D eigenvalue weighted by molar-refractivity contribution is 8.00. The molecule has 130 valence electrons. The number of ketones is 1. The minimum atomic E-state index is 0.154. The van der Waals surface area contributed by atoms with Crippen molar-refractivity contribution in [1.29, 1.82) is 0 Å². The predicted molar refractivity (Wildman–Crippen MR) is 104 cm³/mol. The van der Waals surface area contributed by atoms with Crippen molar-refractivity contribution in [3.63, 3.8) is 0 Å². The van der Waals surface area contributed by atoms with Crippen LogP contribution >= 0.6 is 11.8 Å². The van der Waals surface area contributed by atoms with Crippen LogP contribution in [0.25, 0.3) is 10.9 Å². The summed E-state index contributed by atoms with van der Waals surface area (Å²) in [5.74, 6) is 1.27. The molecule has 0 radical (unpaired) electrons. The highest BCUT2D eigenvalue weighted by Crippen LogP contribution is 2.27. The molecule has 0 aliphatic rings. The van der Waals surface area contributed by atoms with Gasteiger partial charge in [-0.2, -0.15) is 0 Å². The second-order valence-electron chi connectivity index (χ2n) is 6.24. The van der Waals surface area contributed by atoms with Crippen LogP contribution in [0.5, 0.6) is 0 Å². The molecule has 0 fully saturated rings. The van der Waals surface area contributed by atoms with E-state index in [-0.39, 0.29) is 5.78 Å². The molecule has 0 N–H and O–H groups in total. The highest BCUT2D eigenvalue weighted by atomic mass is 32.2. The molecule has 3 aromatic rings. The van der Waals surface area contributed by atoms with Gasteiger partial charge in [0, 0.05) is 28.9 Å². The van der Waals surface area contributed by atoms with Crippen molar-refractivity contribution in [2.45, 2.75) is 45.7 Å². The molecule has 5 heteroatoms. The average molecular weight is 353 g/mol. The van der Waals surface area contributed by atoms with Gasteiger partial charge in [0.25, 0.3) is 0 Å². The number of nitrogens with zero attached hydrogens (tertiary/aromatic N) is 3. The van der Waals surface area contributed by atoms with E-state index in [1.165, 1.54) is 11.8 Å². The van der Waals surface area contributed by atoms with Crippen LogP contribution in [0, 0.1) is 20.8 Å². The fourth-order valence-electron chi connectivity index (χ4n) is 3.13. The Hall–Kier alpha value is -2.14. The molecule has 2 aromatic heterocycles. The van der Waals surface area contributed by atoms with Crippen LogP contribution in [0.2, 0.25) is 0 Å². The summed E-state index contributed by atoms with van der Waals surface area (Å²) < 4.78 is 2.22. The van der Waals surface area contributed by atoms with Crippen molar-refractivity contribution >= 4 is 28.4 Å². The summed E-state index contributed by atoms with van der Waals surface area (Å²) in [4.78, 5) is 21.7. The van der Waals surface area contributed by atoms with Gasteiger partial charge in [0.2, 0.25) is 0 Å². The van der Waals surface area contributed by atoms with Crippen molar-refractivity contribution in [3.05, 3.63) is 53.1 Å². The van der Waals surface area contributed by atoms with Gasteiger partial charge in [-0.05, 0) is 39.3 Å². The quantitative estimate of drug-likeness (QED) is 0.365. The minimum Gasteiger partial charge on any atom is -0.348 e. The lowest BCUT2D eigenvalue weighted by atomic mass is 10.2. The molecule has 0 spiro atoms. The molecule has 0 saturated carbocycles. The molecule has 0 aliphatic carbocycles. The topological polar surface area (TPSA) is 47.8 Å². The molecule has 4 nitrogen and oxygen atoms in total. The smallest absolute Gasteiger partial charge is 0.174 e. The van der Waals surface area contributed by atoms with E-state index in [9.17, 15) is 4.79 Å². The van der Waals surface area contributed by atoms with E-state index in [0.29, 0.717) is 5.75 Å². The van der Waals surface area contributed by atoms with Crippen LogP contribution in [0.4, 0.5) is 0 Å². The summed E-state index contributed by atoms with van der Waals surface area (Å²) >= 11 is 1.49. The highest BCUT2D eigenvalue weighted by Gasteiger charge is 2.16. The number of thioether (sulfide) groups is 1. The van der Waals surface area contributed by atoms with E-state index in [2.05, 4.69) is 28.4 Å². The van der Waals surface area contributed by atoms with Crippen molar-refractivity contribution in [1.82, 2.24) is 14.5 Å². The average Bonchev–Trinajstić information content (AvgIpc) is 2.88. The number of carbonyl (C=O) groups excluding carboxylic acids is 1. The summed E-state index contributed by atoms with van der Waals surface area (Å²) in [7, 11) is 0. The molecule has 2 heterocycles. The second kappa shape index (κ2) is 7.40. The van der Waals surface area contributed by atoms with Crippen molar-refractivity contribution in [2.75, 3.05) is 5.75 Å². The number of hydrogen-bond donors (Lipinski definition) is 0. The first kappa shape index (κ1) is 17.7. The Morgan fingerprint density at radius 3 is 2.68 bits per heavy atom. The number of Topliss-reactive ketones (excluding diaryl/α,β-unsaturated/α-hetero) is 1. The summed E-state index contributed by atoms with van der Waals surface area (Å²) in [6, 6.07) is 9.95. The summed E-state index contributed by atoms with van der Waals surface area (Å²) in [5.41, 5.74) is 3.96. The molecule has 25 heavy (non-hydrogen) atoms. The fourth-order valence-corrected chi connectivity index (χ4v) is 4.08. The third-order valence-corrected chi connectivity index (χ3v) is 5.33. The van der Waals surface area contributed by atoms with Gasteiger partial charge in [-0.15, -0.1) is 0 Å². The standard InChI is InChI=1S/C20H23N3OS/c1-5-10-23-13(2)11-17(14(23)3)19(24)12-25-20-16-8-6-7-9-18(16)21-15(4)22-20/h6-9,11H,5,10,12H2,1-4H3. The van der Waals surface area contributed by atoms with Crippen LogP contribution in [-0.2, 0) is 6.54 Å². The molecule has 0 aliphatic heterocycles.